The molecule has 0 saturated heterocycles. The van der Waals surface area contributed by atoms with Crippen LogP contribution in [0.3, 0.4) is 0 Å². The summed E-state index contributed by atoms with van der Waals surface area (Å²) >= 11 is 0. The van der Waals surface area contributed by atoms with E-state index in [0.29, 0.717) is 82.7 Å². The van der Waals surface area contributed by atoms with Gasteiger partial charge in [-0.3, -0.25) is 43.2 Å². The van der Waals surface area contributed by atoms with E-state index in [2.05, 4.69) is 160 Å². The van der Waals surface area contributed by atoms with Crippen LogP contribution < -0.4 is 0 Å². The molecule has 20 aliphatic carbocycles. The monoisotopic (exact) mass is 2070 g/mol. The van der Waals surface area contributed by atoms with Crippen LogP contribution in [-0.2, 0) is 78.7 Å². The molecule has 822 valence electrons. The first-order chi connectivity index (χ1) is 69.0. The summed E-state index contributed by atoms with van der Waals surface area (Å²) in [5.41, 5.74) is -5.08. The van der Waals surface area contributed by atoms with Crippen molar-refractivity contribution in [1.29, 1.82) is 0 Å². The molecule has 13 fully saturated rings. The van der Waals surface area contributed by atoms with Crippen LogP contribution in [0.2, 0.25) is 0 Å². The van der Waals surface area contributed by atoms with Gasteiger partial charge in [-0.2, -0.15) is 0 Å². The van der Waals surface area contributed by atoms with Crippen LogP contribution in [0.15, 0.2) is 80.5 Å². The van der Waals surface area contributed by atoms with Gasteiger partial charge in [0.15, 0.2) is 28.9 Å². The van der Waals surface area contributed by atoms with Crippen LogP contribution in [-0.4, -0.2) is 142 Å². The van der Waals surface area contributed by atoms with E-state index in [-0.39, 0.29) is 178 Å². The van der Waals surface area contributed by atoms with Crippen molar-refractivity contribution in [2.75, 3.05) is 28.4 Å². The number of rotatable bonds is 4. The highest BCUT2D eigenvalue weighted by Crippen LogP contribution is 2.83. The SMILES string of the molecule is COC(=O)[C@]12CCC(C)(C)C[C@H]1[C@H]1C(=O)C=C3[C@@]4(C)CCC(=O)C(C)(C)[C@@H]4[C@H](O)C[C@@]3(C)[C@]1(C)CC2.COC(=O)[C@]12CCC(C)(C)C[C@H]1[C@H]1C(=O)C=C3[C@@]4(C)Cc5cnoc5C(C)(C)[C@@H]4[C@H](O)C[C@@]3(C)[C@]1(C)CC2.[C-]#[N+]C1=C(O)C(C)(C)[C@@H]2[C@H](O)C[C@]3(C)C(=CC(=O)[C@@H]4[C@@H]5CC(C)(C)CC[C@]5(C(=O)OC)CC[C@]43C)[C@@]2(C)C1.[C-]#[N+]C1=C[C@]2(C)C3=CC(=O)[C@@H]4[C@@H]5CC(C)(C)CC[C@]5(C(=O)OC)CC[C@@]4(C)[C@]3(C)C[C@@H](O)[C@H]2C(C)(C)C1=O. The van der Waals surface area contributed by atoms with Crippen LogP contribution in [0.4, 0.5) is 0 Å². The first-order valence-electron chi connectivity index (χ1n) is 57.0. The van der Waals surface area contributed by atoms with Crippen LogP contribution >= 0.6 is 0 Å². The summed E-state index contributed by atoms with van der Waals surface area (Å²) in [4.78, 5) is 145. The third-order valence-corrected chi connectivity index (χ3v) is 50.4. The molecule has 0 bridgehead atoms. The molecule has 0 aromatic carbocycles. The van der Waals surface area contributed by atoms with Crippen LogP contribution in [0, 0.1) is 209 Å². The highest BCUT2D eigenvalue weighted by Gasteiger charge is 2.80. The topological polar surface area (TPSA) is 344 Å². The van der Waals surface area contributed by atoms with Crippen LogP contribution in [0.25, 0.3) is 9.69 Å². The van der Waals surface area contributed by atoms with Gasteiger partial charge in [0.25, 0.3) is 0 Å². The lowest BCUT2D eigenvalue weighted by molar-refractivity contribution is -0.201. The van der Waals surface area contributed by atoms with E-state index in [1.807, 2.05) is 72.9 Å². The first-order valence-corrected chi connectivity index (χ1v) is 57.0. The average Bonchev–Trinajstić information content (AvgIpc) is 0.786. The van der Waals surface area contributed by atoms with Crippen molar-refractivity contribution >= 4 is 58.6 Å². The van der Waals surface area contributed by atoms with Gasteiger partial charge in [0, 0.05) is 86.4 Å². The van der Waals surface area contributed by atoms with E-state index in [0.717, 1.165) is 131 Å². The minimum absolute atomic E-state index is 0.00971. The maximum Gasteiger partial charge on any atom is 0.312 e. The lowest BCUT2D eigenvalue weighted by Gasteiger charge is -2.70. The average molecular weight is 2070 g/mol. The summed E-state index contributed by atoms with van der Waals surface area (Å²) in [6.07, 6.45) is 28.5. The molecule has 5 N–H and O–H groups in total. The van der Waals surface area contributed by atoms with Crippen molar-refractivity contribution in [3.05, 3.63) is 110 Å². The van der Waals surface area contributed by atoms with E-state index in [4.69, 9.17) is 36.6 Å². The molecule has 32 atom stereocenters. The number of aliphatic hydroxyl groups excluding tert-OH is 5. The summed E-state index contributed by atoms with van der Waals surface area (Å²) in [5.74, 6) is -2.01. The zero-order chi connectivity index (χ0) is 111. The first kappa shape index (κ1) is 112. The molecule has 0 unspecified atom stereocenters. The fraction of sp³-hybridized carbons (Fsp3) is 0.787. The number of carbonyl (C=O) groups excluding carboxylic acids is 10. The Morgan fingerprint density at radius 2 is 0.647 bits per heavy atom. The Kier molecular flexibility index (Phi) is 25.8. The Labute approximate surface area is 893 Å². The molecule has 1 heterocycles. The quantitative estimate of drug-likeness (QED) is 0.106. The minimum Gasteiger partial charge on any atom is -0.523 e. The van der Waals surface area contributed by atoms with E-state index >= 15 is 0 Å². The number of methoxy groups -OCH3 is 4. The van der Waals surface area contributed by atoms with Gasteiger partial charge in [-0.25, -0.2) is 9.69 Å². The fourth-order valence-corrected chi connectivity index (χ4v) is 42.6. The van der Waals surface area contributed by atoms with Crippen LogP contribution in [0.5, 0.6) is 0 Å². The summed E-state index contributed by atoms with van der Waals surface area (Å²) in [7, 11) is 5.89. The number of esters is 4. The Morgan fingerprint density at radius 3 is 0.973 bits per heavy atom. The van der Waals surface area contributed by atoms with Gasteiger partial charge >= 0.3 is 23.9 Å². The molecule has 1 aromatic heterocycles. The zero-order valence-corrected chi connectivity index (χ0v) is 96.7. The van der Waals surface area contributed by atoms with Gasteiger partial charge in [0.2, 0.25) is 11.4 Å². The predicted molar refractivity (Wildman–Crippen MR) is 569 cm³/mol. The molecule has 13 saturated carbocycles. The Bertz CT molecular complexity index is 6200. The van der Waals surface area contributed by atoms with E-state index in [1.54, 1.807) is 12.2 Å². The number of Topliss-reactive ketones (excluding diaryl/α,β-unsaturated/α-hetero) is 2. The standard InChI is InChI=1S/2C32H45NO5.C32H43NO5.C31H46O5/c1-27(2)9-11-32(26(36)37-8)12-10-30(6)23(19(32)15-27)20(34)13-22-29(5)14-18-17-33-38-25(18)28(3,4)24(29)21(35)16-31(22,30)7;2*1-27(2)10-12-32(26(37)38-9)13-11-30(6)23(18(32)15-27)20(34)14-22-29(5)16-19(33-8)25(36)28(3,4)24(29)21(35)17-31(22,30)7;1-26(2)11-13-31(25(35)36-8)14-12-29(6)23(18(31)16-26)19(32)15-21-28(5)10-9-22(34)27(3,4)24(28)20(33)17-30(21,29)7/h13,17,19,21,23-24,35H,9-12,14-16H2,1-8H3;14,18,21,23-24,35-36H,10-13,15-17H2,1-7,9H3;14,16,18,21,23-24,35H,10-13,15,17H2,1-7,9H3;15,18,20,23-24,33H,9-14,16-17H2,1-8H3/t19-,21+,23-,24-,29+,30+,31+,32-;2*18-,21+,23-,24-,29+,30+,31+,32-;18-,20+,23-,24-,28+,29+,30+,31-/m0000/s1. The highest BCUT2D eigenvalue weighted by molar-refractivity contribution is 6.04. The van der Waals surface area contributed by atoms with Gasteiger partial charge in [0.05, 0.1) is 93.9 Å². The van der Waals surface area contributed by atoms with Crippen molar-refractivity contribution in [2.24, 2.45) is 196 Å². The predicted octanol–water partition coefficient (Wildman–Crippen LogP) is 23.6. The van der Waals surface area contributed by atoms with Crippen LogP contribution in [0.1, 0.15) is 379 Å². The summed E-state index contributed by atoms with van der Waals surface area (Å²) in [6.45, 7) is 75.7. The number of aliphatic hydroxyl groups is 5. The smallest absolute Gasteiger partial charge is 0.312 e. The number of allylic oxidation sites excluding steroid dienone is 12. The Balaban J connectivity index is 0.000000131. The maximum atomic E-state index is 14.5. The van der Waals surface area contributed by atoms with Crippen molar-refractivity contribution in [1.82, 2.24) is 5.16 Å². The lowest BCUT2D eigenvalue weighted by atomic mass is 9.33. The summed E-state index contributed by atoms with van der Waals surface area (Å²) in [6, 6.07) is 0. The maximum absolute atomic E-state index is 14.5. The van der Waals surface area contributed by atoms with E-state index in [9.17, 15) is 73.5 Å². The Hall–Kier alpha value is -7.83. The number of ketones is 6. The number of hydrogen-bond acceptors (Lipinski definition) is 21. The van der Waals surface area contributed by atoms with Crippen molar-refractivity contribution in [3.8, 4) is 0 Å². The number of nitrogens with zero attached hydrogens (tertiary/aromatic N) is 3. The van der Waals surface area contributed by atoms with Crippen molar-refractivity contribution < 1.29 is 96.9 Å². The molecule has 0 aliphatic heterocycles. The summed E-state index contributed by atoms with van der Waals surface area (Å²) in [5, 5.41) is 62.6. The fourth-order valence-electron chi connectivity index (χ4n) is 42.6. The van der Waals surface area contributed by atoms with Crippen molar-refractivity contribution in [3.63, 3.8) is 0 Å². The highest BCUT2D eigenvalue weighted by atomic mass is 16.5. The largest absolute Gasteiger partial charge is 0.523 e. The number of hydrogen-bond donors (Lipinski definition) is 5. The number of fused-ring (bicyclic) bond motifs is 29. The molecule has 23 nitrogen and oxygen atoms in total. The number of ether oxygens (including phenoxy) is 4. The Morgan fingerprint density at radius 1 is 0.353 bits per heavy atom. The second-order valence-electron chi connectivity index (χ2n) is 61.0. The third-order valence-electron chi connectivity index (χ3n) is 50.4. The summed E-state index contributed by atoms with van der Waals surface area (Å²) < 4.78 is 27.3. The van der Waals surface area contributed by atoms with Gasteiger partial charge in [-0.1, -0.05) is 227 Å². The minimum atomic E-state index is -0.939. The molecule has 150 heavy (non-hydrogen) atoms. The molecule has 1 aromatic rings. The normalized spacial score (nSPS) is 47.3. The second kappa shape index (κ2) is 34.6. The molecule has 0 radical (unpaired) electrons. The zero-order valence-electron chi connectivity index (χ0n) is 96.7. The number of carbonyl (C=O) groups is 10. The molecule has 0 spiro atoms. The van der Waals surface area contributed by atoms with Gasteiger partial charge in [0.1, 0.15) is 17.3 Å². The van der Waals surface area contributed by atoms with E-state index < -0.39 is 117 Å². The molecule has 23 heteroatoms. The molecule has 21 rings (SSSR count). The van der Waals surface area contributed by atoms with Gasteiger partial charge in [-0.15, -0.1) is 0 Å². The van der Waals surface area contributed by atoms with E-state index in [1.165, 1.54) is 34.0 Å². The lowest BCUT2D eigenvalue weighted by Crippen LogP contribution is -2.68. The molecule has 0 amide bonds. The third kappa shape index (κ3) is 14.6. The molecule has 20 aliphatic rings. The van der Waals surface area contributed by atoms with Gasteiger partial charge in [-0.05, 0) is 303 Å². The van der Waals surface area contributed by atoms with Gasteiger partial charge < -0.3 is 53.8 Å². The van der Waals surface area contributed by atoms with Crippen molar-refractivity contribution in [2.45, 2.75) is 403 Å². The molecular weight excluding hydrogens is 1890 g/mol. The molecular formula is C127H179N3O20. The second-order valence-corrected chi connectivity index (χ2v) is 61.0. The number of aromatic nitrogens is 1.